The topological polar surface area (TPSA) is 101 Å². The average Bonchev–Trinajstić information content (AvgIpc) is 2.62. The van der Waals surface area contributed by atoms with Gasteiger partial charge in [0.15, 0.2) is 5.78 Å². The van der Waals surface area contributed by atoms with Gasteiger partial charge in [-0.1, -0.05) is 35.9 Å². The first-order valence-corrected chi connectivity index (χ1v) is 10.2. The molecule has 0 heterocycles. The molecule has 0 aliphatic rings. The number of hydrogen-bond acceptors (Lipinski definition) is 4. The Balaban J connectivity index is 1.85. The first kappa shape index (κ1) is 21.1. The van der Waals surface area contributed by atoms with Crippen LogP contribution in [0.4, 0.5) is 0 Å². The Bertz CT molecular complexity index is 893. The maximum Gasteiger partial charge on any atom is 0.303 e. The van der Waals surface area contributed by atoms with Gasteiger partial charge in [-0.3, -0.25) is 9.59 Å². The molecule has 0 amide bonds. The Kier molecular flexibility index (Phi) is 7.53. The van der Waals surface area contributed by atoms with Crippen LogP contribution in [0.3, 0.4) is 0 Å². The van der Waals surface area contributed by atoms with Gasteiger partial charge < -0.3 is 5.11 Å². The number of aliphatic carboxylic acids is 1. The van der Waals surface area contributed by atoms with Gasteiger partial charge in [-0.15, -0.1) is 0 Å². The van der Waals surface area contributed by atoms with Crippen molar-refractivity contribution in [3.63, 3.8) is 0 Å². The monoisotopic (exact) mass is 409 g/mol. The molecular formula is C19H20ClNO5S. The predicted molar refractivity (Wildman–Crippen MR) is 103 cm³/mol. The van der Waals surface area contributed by atoms with Crippen LogP contribution in [0, 0.1) is 0 Å². The zero-order valence-electron chi connectivity index (χ0n) is 14.5. The van der Waals surface area contributed by atoms with Crippen LogP contribution in [0.25, 0.3) is 0 Å². The number of benzene rings is 2. The van der Waals surface area contributed by atoms with Gasteiger partial charge in [0, 0.05) is 30.0 Å². The van der Waals surface area contributed by atoms with E-state index in [1.807, 2.05) is 0 Å². The predicted octanol–water partition coefficient (Wildman–Crippen LogP) is 3.30. The molecule has 2 aromatic rings. The summed E-state index contributed by atoms with van der Waals surface area (Å²) in [6.45, 7) is 0.219. The molecule has 0 atom stereocenters. The molecule has 0 aromatic heterocycles. The van der Waals surface area contributed by atoms with E-state index in [0.717, 1.165) is 5.56 Å². The molecule has 2 aromatic carbocycles. The SMILES string of the molecule is O=C(O)CCCC(=O)c1ccc(CCNS(=O)(=O)c2ccc(Cl)cc2)cc1. The summed E-state index contributed by atoms with van der Waals surface area (Å²) >= 11 is 5.76. The molecule has 6 nitrogen and oxygen atoms in total. The van der Waals surface area contributed by atoms with Gasteiger partial charge in [0.05, 0.1) is 4.90 Å². The lowest BCUT2D eigenvalue weighted by atomic mass is 10.0. The molecule has 0 unspecified atom stereocenters. The van der Waals surface area contributed by atoms with Crippen molar-refractivity contribution in [2.75, 3.05) is 6.54 Å². The number of carboxylic acid groups (broad SMARTS) is 1. The fraction of sp³-hybridized carbons (Fsp3) is 0.263. The fourth-order valence-corrected chi connectivity index (χ4v) is 3.59. The highest BCUT2D eigenvalue weighted by Gasteiger charge is 2.13. The summed E-state index contributed by atoms with van der Waals surface area (Å²) in [7, 11) is -3.60. The standard InChI is InChI=1S/C19H20ClNO5S/c20-16-8-10-17(11-9-16)27(25,26)21-13-12-14-4-6-15(7-5-14)18(22)2-1-3-19(23)24/h4-11,21H,1-3,12-13H2,(H,23,24). The van der Waals surface area contributed by atoms with Gasteiger partial charge in [-0.25, -0.2) is 13.1 Å². The number of nitrogens with one attached hydrogen (secondary N) is 1. The highest BCUT2D eigenvalue weighted by Crippen LogP contribution is 2.14. The fourth-order valence-electron chi connectivity index (χ4n) is 2.43. The molecule has 2 rings (SSSR count). The molecule has 0 aliphatic carbocycles. The molecule has 0 aliphatic heterocycles. The summed E-state index contributed by atoms with van der Waals surface area (Å²) < 4.78 is 26.9. The van der Waals surface area contributed by atoms with Crippen LogP contribution in [-0.2, 0) is 21.2 Å². The van der Waals surface area contributed by atoms with Crippen LogP contribution < -0.4 is 4.72 Å². The van der Waals surface area contributed by atoms with Crippen molar-refractivity contribution in [3.05, 3.63) is 64.7 Å². The largest absolute Gasteiger partial charge is 0.481 e. The van der Waals surface area contributed by atoms with Crippen LogP contribution in [0.15, 0.2) is 53.4 Å². The van der Waals surface area contributed by atoms with Crippen LogP contribution in [0.1, 0.15) is 35.2 Å². The average molecular weight is 410 g/mol. The zero-order valence-corrected chi connectivity index (χ0v) is 16.1. The zero-order chi connectivity index (χ0) is 19.9. The highest BCUT2D eigenvalue weighted by molar-refractivity contribution is 7.89. The number of hydrogen-bond donors (Lipinski definition) is 2. The minimum absolute atomic E-state index is 0.0302. The number of carboxylic acids is 1. The molecule has 0 spiro atoms. The van der Waals surface area contributed by atoms with Crippen molar-refractivity contribution < 1.29 is 23.1 Å². The number of Topliss-reactive ketones (excluding diaryl/α,β-unsaturated/α-hetero) is 1. The van der Waals surface area contributed by atoms with Crippen molar-refractivity contribution in [2.24, 2.45) is 0 Å². The van der Waals surface area contributed by atoms with Crippen LogP contribution in [0.5, 0.6) is 0 Å². The van der Waals surface area contributed by atoms with Gasteiger partial charge >= 0.3 is 5.97 Å². The lowest BCUT2D eigenvalue weighted by Gasteiger charge is -2.07. The highest BCUT2D eigenvalue weighted by atomic mass is 35.5. The second-order valence-corrected chi connectivity index (χ2v) is 8.17. The molecule has 8 heteroatoms. The molecule has 0 saturated heterocycles. The molecule has 0 radical (unpaired) electrons. The van der Waals surface area contributed by atoms with E-state index >= 15 is 0 Å². The molecule has 27 heavy (non-hydrogen) atoms. The number of sulfonamides is 1. The van der Waals surface area contributed by atoms with Crippen molar-refractivity contribution in [3.8, 4) is 0 Å². The maximum atomic E-state index is 12.2. The number of rotatable bonds is 10. The molecular weight excluding hydrogens is 390 g/mol. The Morgan fingerprint density at radius 2 is 1.59 bits per heavy atom. The van der Waals surface area contributed by atoms with Crippen molar-refractivity contribution >= 4 is 33.4 Å². The molecule has 144 valence electrons. The van der Waals surface area contributed by atoms with E-state index in [2.05, 4.69) is 4.72 Å². The van der Waals surface area contributed by atoms with E-state index in [-0.39, 0.29) is 30.1 Å². The Morgan fingerprint density at radius 1 is 0.963 bits per heavy atom. The van der Waals surface area contributed by atoms with Gasteiger partial charge in [-0.05, 0) is 42.7 Å². The third kappa shape index (κ3) is 6.78. The summed E-state index contributed by atoms with van der Waals surface area (Å²) in [5.41, 5.74) is 1.40. The number of ketones is 1. The van der Waals surface area contributed by atoms with E-state index in [0.29, 0.717) is 23.4 Å². The molecule has 0 bridgehead atoms. The van der Waals surface area contributed by atoms with Crippen molar-refractivity contribution in [1.82, 2.24) is 4.72 Å². The van der Waals surface area contributed by atoms with E-state index in [1.165, 1.54) is 24.3 Å². The lowest BCUT2D eigenvalue weighted by Crippen LogP contribution is -2.25. The van der Waals surface area contributed by atoms with Gasteiger partial charge in [-0.2, -0.15) is 0 Å². The van der Waals surface area contributed by atoms with Gasteiger partial charge in [0.2, 0.25) is 10.0 Å². The first-order chi connectivity index (χ1) is 12.8. The molecule has 0 fully saturated rings. The van der Waals surface area contributed by atoms with Gasteiger partial charge in [0.25, 0.3) is 0 Å². The summed E-state index contributed by atoms with van der Waals surface area (Å²) in [6, 6.07) is 12.8. The minimum atomic E-state index is -3.60. The lowest BCUT2D eigenvalue weighted by molar-refractivity contribution is -0.137. The number of carbonyl (C=O) groups excluding carboxylic acids is 1. The van der Waals surface area contributed by atoms with E-state index in [9.17, 15) is 18.0 Å². The van der Waals surface area contributed by atoms with Gasteiger partial charge in [0.1, 0.15) is 0 Å². The third-order valence-electron chi connectivity index (χ3n) is 3.90. The first-order valence-electron chi connectivity index (χ1n) is 8.37. The van der Waals surface area contributed by atoms with Crippen LogP contribution in [0.2, 0.25) is 5.02 Å². The van der Waals surface area contributed by atoms with Crippen LogP contribution >= 0.6 is 11.6 Å². The smallest absolute Gasteiger partial charge is 0.303 e. The maximum absolute atomic E-state index is 12.2. The summed E-state index contributed by atoms with van der Waals surface area (Å²) in [5.74, 6) is -1.02. The Hall–Kier alpha value is -2.22. The van der Waals surface area contributed by atoms with E-state index < -0.39 is 16.0 Å². The quantitative estimate of drug-likeness (QED) is 0.586. The summed E-state index contributed by atoms with van der Waals surface area (Å²) in [5, 5.41) is 9.06. The Morgan fingerprint density at radius 3 is 2.19 bits per heavy atom. The summed E-state index contributed by atoms with van der Waals surface area (Å²) in [6.07, 6.45) is 0.937. The van der Waals surface area contributed by atoms with Crippen LogP contribution in [-0.4, -0.2) is 31.8 Å². The van der Waals surface area contributed by atoms with E-state index in [4.69, 9.17) is 16.7 Å². The number of halogens is 1. The van der Waals surface area contributed by atoms with E-state index in [1.54, 1.807) is 24.3 Å². The second kappa shape index (κ2) is 9.64. The normalized spacial score (nSPS) is 11.3. The molecule has 0 saturated carbocycles. The minimum Gasteiger partial charge on any atom is -0.481 e. The Labute approximate surface area is 163 Å². The molecule has 2 N–H and O–H groups in total. The van der Waals surface area contributed by atoms with Crippen molar-refractivity contribution in [1.29, 1.82) is 0 Å². The third-order valence-corrected chi connectivity index (χ3v) is 5.63. The summed E-state index contributed by atoms with van der Waals surface area (Å²) in [4.78, 5) is 22.6. The van der Waals surface area contributed by atoms with Crippen molar-refractivity contribution in [2.45, 2.75) is 30.6 Å². The second-order valence-electron chi connectivity index (χ2n) is 5.97. The number of carbonyl (C=O) groups is 2.